The summed E-state index contributed by atoms with van der Waals surface area (Å²) in [5.41, 5.74) is 9.25. The van der Waals surface area contributed by atoms with E-state index in [0.29, 0.717) is 51.6 Å². The van der Waals surface area contributed by atoms with Crippen LogP contribution >= 0.6 is 11.8 Å². The van der Waals surface area contributed by atoms with Crippen LogP contribution in [-0.4, -0.2) is 278 Å². The van der Waals surface area contributed by atoms with Gasteiger partial charge in [0, 0.05) is 95.6 Å². The van der Waals surface area contributed by atoms with Gasteiger partial charge in [0.15, 0.2) is 0 Å². The zero-order valence-electron chi connectivity index (χ0n) is 75.6. The molecule has 14 N–H and O–H groups in total. The summed E-state index contributed by atoms with van der Waals surface area (Å²) in [6.45, 7) is 8.67. The second-order valence-corrected chi connectivity index (χ2v) is 35.5. The fourth-order valence-electron chi connectivity index (χ4n) is 16.4. The van der Waals surface area contributed by atoms with Crippen molar-refractivity contribution >= 4 is 124 Å². The lowest BCUT2D eigenvalue weighted by Gasteiger charge is -2.38. The minimum atomic E-state index is -1.76. The van der Waals surface area contributed by atoms with E-state index in [1.54, 1.807) is 113 Å². The number of nitrogens with two attached hydrogens (primary N) is 1. The third-order valence-corrected chi connectivity index (χ3v) is 24.8. The van der Waals surface area contributed by atoms with Gasteiger partial charge in [0.2, 0.25) is 88.6 Å². The maximum Gasteiger partial charge on any atom is 0.303 e. The number of rotatable bonds is 25. The van der Waals surface area contributed by atoms with Crippen LogP contribution in [-0.2, 0) is 118 Å². The van der Waals surface area contributed by atoms with Crippen molar-refractivity contribution in [2.24, 2.45) is 17.6 Å². The molecule has 3 fully saturated rings. The number of aliphatic carboxylic acids is 1. The summed E-state index contributed by atoms with van der Waals surface area (Å²) in [6, 6.07) is 13.4. The van der Waals surface area contributed by atoms with Crippen LogP contribution < -0.4 is 53.6 Å². The Bertz CT molecular complexity index is 5080. The maximum absolute atomic E-state index is 15.7. The second-order valence-electron chi connectivity index (χ2n) is 34.5. The SMILES string of the molecule is CCCC[C@H]1C(=O)N2CCC[C@@H]2C(=O)N[C@@H](COC=O)C(=O)N[C@@H](C(C)C)C(=O)N(C)[C@@H](Cc2ccc(C)cc2)C(=O)N[C@@H](CCC(=O)O)C(=O)N2CCC[C@@H]2C(=O)N[C@@H](Cc2c[nH]c3ccccc23)C(=O)N[C@@H](Cc2ccc(O)cc2)C(=O)N[C@@H](CC(C)C)C(=O)N[C@H](C(=O)NCC(N)=O)CSCC(=O)N[C@@H](Cc2ccc(F)cc2)C(=O)N(C)[C@@H](Cc2ccccc2)C(=O)N1C. The first kappa shape index (κ1) is 102. The number of aromatic nitrogens is 1. The van der Waals surface area contributed by atoms with Crippen molar-refractivity contribution in [3.63, 3.8) is 0 Å². The smallest absolute Gasteiger partial charge is 0.303 e. The number of nitrogens with zero attached hydrogens (tertiary/aromatic N) is 5. The molecule has 0 bridgehead atoms. The zero-order chi connectivity index (χ0) is 96.2. The number of benzene rings is 5. The number of fused-ring (bicyclic) bond motifs is 3. The number of hydrogen-bond donors (Lipinski definition) is 13. The van der Waals surface area contributed by atoms with Gasteiger partial charge in [0.25, 0.3) is 6.47 Å². The van der Waals surface area contributed by atoms with Gasteiger partial charge in [-0.25, -0.2) is 4.39 Å². The topological polar surface area (TPSA) is 506 Å². The number of para-hydroxylation sites is 1. The van der Waals surface area contributed by atoms with E-state index < -0.39 is 222 Å². The number of phenolic OH excluding ortho intramolecular Hbond substituents is 1. The van der Waals surface area contributed by atoms with Crippen LogP contribution in [0.5, 0.6) is 5.75 Å². The van der Waals surface area contributed by atoms with Gasteiger partial charge >= 0.3 is 5.97 Å². The summed E-state index contributed by atoms with van der Waals surface area (Å²) in [6.07, 6.45) is 0.331. The molecule has 0 spiro atoms. The molecule has 3 aliphatic rings. The molecule has 3 saturated heterocycles. The molecule has 3 aliphatic heterocycles. The Balaban J connectivity index is 1.13. The number of halogens is 1. The molecule has 5 aromatic carbocycles. The number of H-pyrrole nitrogens is 1. The lowest BCUT2D eigenvalue weighted by molar-refractivity contribution is -0.152. The van der Waals surface area contributed by atoms with Crippen LogP contribution in [0, 0.1) is 24.6 Å². The minimum Gasteiger partial charge on any atom is -0.508 e. The predicted molar refractivity (Wildman–Crippen MR) is 486 cm³/mol. The average molecular weight is 1850 g/mol. The highest BCUT2D eigenvalue weighted by molar-refractivity contribution is 8.00. The third-order valence-electron chi connectivity index (χ3n) is 23.8. The zero-order valence-corrected chi connectivity index (χ0v) is 76.4. The highest BCUT2D eigenvalue weighted by Crippen LogP contribution is 2.28. The maximum atomic E-state index is 15.7. The molecule has 0 radical (unpaired) electrons. The number of aromatic amines is 1. The van der Waals surface area contributed by atoms with Crippen LogP contribution in [0.15, 0.2) is 134 Å². The first-order chi connectivity index (χ1) is 62.9. The van der Waals surface area contributed by atoms with Crippen molar-refractivity contribution in [3.05, 3.63) is 173 Å². The van der Waals surface area contributed by atoms with E-state index in [1.165, 1.54) is 67.3 Å². The number of unbranched alkanes of at least 4 members (excludes halogenated alkanes) is 1. The first-order valence-electron chi connectivity index (χ1n) is 44.3. The van der Waals surface area contributed by atoms with Crippen LogP contribution in [0.25, 0.3) is 10.9 Å². The lowest BCUT2D eigenvalue weighted by atomic mass is 9.98. The van der Waals surface area contributed by atoms with E-state index in [1.807, 2.05) is 13.8 Å². The molecule has 9 rings (SSSR count). The molecule has 13 atom stereocenters. The van der Waals surface area contributed by atoms with Gasteiger partial charge in [-0.05, 0) is 122 Å². The monoisotopic (exact) mass is 1840 g/mol. The number of ether oxygens (including phenoxy) is 1. The largest absolute Gasteiger partial charge is 0.508 e. The van der Waals surface area contributed by atoms with Gasteiger partial charge in [-0.3, -0.25) is 81.5 Å². The van der Waals surface area contributed by atoms with Crippen molar-refractivity contribution in [1.82, 2.24) is 77.3 Å². The summed E-state index contributed by atoms with van der Waals surface area (Å²) in [5, 5.41) is 45.4. The fraction of sp³-hybridized carbons (Fsp3) is 0.479. The standard InChI is InChI=1S/C94H121FN16O20S/c1-10-11-23-75-93(129)111-41-18-25-74(111)88(124)104-71(50-131-53-112)86(122)106-81(55(4)5)94(130)108(8)76(45-60-28-26-56(6)27-29-60)89(125)100-66(38-39-80(116)117)91(127)110-40-17-24-73(110)87(123)103-69(47-61-48-97-65-22-16-15-21-64(61)65)85(121)102-68(43-59-32-36-63(113)37-33-59)84(120)101-67(42-54(2)3)83(119)105-72(82(118)98-49-78(96)114)51-132-52-79(115)99-70(44-58-30-34-62(95)35-31-58)90(126)109(9)77(92(128)107(75)7)46-57-19-13-12-14-20-57/h12-16,19-22,26-37,48,53-55,66-77,81,97,113H,10-11,17-18,23-25,38-47,49-52H2,1-9H3,(H2,96,114)(H,98,118)(H,99,115)(H,100,125)(H,101,120)(H,102,121)(H,103,123)(H,104,124)(H,105,119)(H,106,122)(H,116,117)/t66-,67-,68-,69-,70-,71-,72-,73+,74+,75-,76-,77-,81-/m0/s1. The van der Waals surface area contributed by atoms with Crippen molar-refractivity contribution in [1.29, 1.82) is 0 Å². The Kier molecular flexibility index (Phi) is 38.1. The molecular weight excluding hydrogens is 1720 g/mol. The normalized spacial score (nSPS) is 23.6. The van der Waals surface area contributed by atoms with E-state index in [0.717, 1.165) is 44.2 Å². The molecular formula is C94H121FN16O20S. The molecule has 710 valence electrons. The number of carbonyl (C=O) groups is 17. The van der Waals surface area contributed by atoms with Gasteiger partial charge in [0.1, 0.15) is 96.7 Å². The van der Waals surface area contributed by atoms with Gasteiger partial charge in [-0.1, -0.05) is 150 Å². The number of likely N-dealkylation sites (N-methyl/N-ethyl adjacent to an activating group) is 3. The van der Waals surface area contributed by atoms with Crippen molar-refractivity contribution < 1.29 is 101 Å². The number of aromatic hydroxyl groups is 1. The molecule has 15 amide bonds. The van der Waals surface area contributed by atoms with Gasteiger partial charge in [-0.2, -0.15) is 0 Å². The first-order valence-corrected chi connectivity index (χ1v) is 45.5. The molecule has 0 unspecified atom stereocenters. The molecule has 36 nitrogen and oxygen atoms in total. The van der Waals surface area contributed by atoms with Crippen molar-refractivity contribution in [2.75, 3.05) is 58.9 Å². The highest BCUT2D eigenvalue weighted by Gasteiger charge is 2.46. The minimum absolute atomic E-state index is 0.0213. The van der Waals surface area contributed by atoms with Gasteiger partial charge in [-0.15, -0.1) is 11.8 Å². The molecule has 0 aliphatic carbocycles. The Hall–Kier alpha value is -13.3. The quantitative estimate of drug-likeness (QED) is 0.0366. The number of phenols is 1. The highest BCUT2D eigenvalue weighted by atomic mass is 32.2. The number of primary amides is 1. The summed E-state index contributed by atoms with van der Waals surface area (Å²) < 4.78 is 19.7. The Morgan fingerprint density at radius 2 is 1.08 bits per heavy atom. The molecule has 1 aromatic heterocycles. The lowest BCUT2D eigenvalue weighted by Crippen LogP contribution is -2.62. The number of nitrogens with one attached hydrogen (secondary N) is 10. The fourth-order valence-corrected chi connectivity index (χ4v) is 17.3. The molecule has 132 heavy (non-hydrogen) atoms. The summed E-state index contributed by atoms with van der Waals surface area (Å²) in [5.74, 6) is -17.8. The van der Waals surface area contributed by atoms with Gasteiger partial charge < -0.3 is 98.0 Å². The number of carboxylic acids is 1. The van der Waals surface area contributed by atoms with Crippen LogP contribution in [0.3, 0.4) is 0 Å². The Labute approximate surface area is 769 Å². The Morgan fingerprint density at radius 3 is 1.69 bits per heavy atom. The number of hydrogen-bond acceptors (Lipinski definition) is 20. The molecule has 4 heterocycles. The van der Waals surface area contributed by atoms with E-state index in [4.69, 9.17) is 10.5 Å². The molecule has 0 saturated carbocycles. The molecule has 6 aromatic rings. The summed E-state index contributed by atoms with van der Waals surface area (Å²) in [7, 11) is 4.00. The van der Waals surface area contributed by atoms with Crippen LogP contribution in [0.1, 0.15) is 132 Å². The summed E-state index contributed by atoms with van der Waals surface area (Å²) >= 11 is 0.789. The third kappa shape index (κ3) is 28.9. The van der Waals surface area contributed by atoms with E-state index >= 15 is 47.9 Å². The van der Waals surface area contributed by atoms with Crippen LogP contribution in [0.2, 0.25) is 0 Å². The van der Waals surface area contributed by atoms with E-state index in [9.17, 15) is 48.2 Å². The predicted octanol–water partition coefficient (Wildman–Crippen LogP) is 2.45. The van der Waals surface area contributed by atoms with Crippen LogP contribution in [0.4, 0.5) is 4.39 Å². The van der Waals surface area contributed by atoms with E-state index in [2.05, 4.69) is 52.8 Å². The number of thioether (sulfide) groups is 1. The Morgan fingerprint density at radius 1 is 0.553 bits per heavy atom. The van der Waals surface area contributed by atoms with Crippen molar-refractivity contribution in [2.45, 2.75) is 216 Å². The summed E-state index contributed by atoms with van der Waals surface area (Å²) in [4.78, 5) is 258. The second kappa shape index (κ2) is 49.1. The van der Waals surface area contributed by atoms with Gasteiger partial charge in [0.05, 0.1) is 12.3 Å². The average Bonchev–Trinajstić information content (AvgIpc) is 0.989. The number of carboxylic acid groups (broad SMARTS) is 1. The molecule has 38 heteroatoms. The number of carbonyl (C=O) groups excluding carboxylic acids is 16. The van der Waals surface area contributed by atoms with E-state index in [-0.39, 0.29) is 102 Å². The van der Waals surface area contributed by atoms with Crippen molar-refractivity contribution in [3.8, 4) is 5.75 Å². The number of aryl methyl sites for hydroxylation is 1. The number of amides is 15.